The smallest absolute Gasteiger partial charge is 0.414 e. The lowest BCUT2D eigenvalue weighted by Crippen LogP contribution is -2.33. The summed E-state index contributed by atoms with van der Waals surface area (Å²) >= 11 is 0. The van der Waals surface area contributed by atoms with Crippen molar-refractivity contribution in [1.29, 1.82) is 0 Å². The van der Waals surface area contributed by atoms with Gasteiger partial charge in [-0.3, -0.25) is 4.90 Å². The molecule has 1 aliphatic rings. The highest BCUT2D eigenvalue weighted by molar-refractivity contribution is 6.27. The van der Waals surface area contributed by atoms with Crippen molar-refractivity contribution in [2.75, 3.05) is 19.6 Å². The number of hydrogen-bond donors (Lipinski definition) is 2. The average Bonchev–Trinajstić information content (AvgIpc) is 2.68. The van der Waals surface area contributed by atoms with Gasteiger partial charge in [0.2, 0.25) is 0 Å². The molecule has 0 saturated heterocycles. The maximum Gasteiger partial charge on any atom is 0.414 e. The first-order chi connectivity index (χ1) is 14.1. The molecule has 0 aromatic heterocycles. The number of carboxylic acids is 2. The number of rotatable bonds is 7. The van der Waals surface area contributed by atoms with Crippen LogP contribution in [0, 0.1) is 0 Å². The van der Waals surface area contributed by atoms with Crippen molar-refractivity contribution < 1.29 is 33.0 Å². The molecule has 1 aromatic carbocycles. The molecule has 1 aromatic rings. The number of aliphatic carboxylic acids is 2. The van der Waals surface area contributed by atoms with Crippen molar-refractivity contribution in [3.05, 3.63) is 46.5 Å². The van der Waals surface area contributed by atoms with Crippen LogP contribution in [-0.2, 0) is 28.9 Å². The standard InChI is InChI=1S/C20H28F3N.C2H2O4/c1-3-5-17-8-7-16(15-18(17)6-4-2)9-12-24-13-10-19(11-14-24)20(21,22)23;3-1(4)2(5)6/h7-8,10,15H,3-6,9,11-14H2,1-2H3;(H,3,4)(H,5,6). The lowest BCUT2D eigenvalue weighted by atomic mass is 9.96. The Balaban J connectivity index is 0.000000656. The van der Waals surface area contributed by atoms with Crippen molar-refractivity contribution in [1.82, 2.24) is 4.90 Å². The first-order valence-electron chi connectivity index (χ1n) is 10.1. The lowest BCUT2D eigenvalue weighted by molar-refractivity contribution is -0.159. The quantitative estimate of drug-likeness (QED) is 0.494. The third-order valence-electron chi connectivity index (χ3n) is 4.87. The fraction of sp³-hybridized carbons (Fsp3) is 0.545. The van der Waals surface area contributed by atoms with Gasteiger partial charge in [-0.05, 0) is 42.4 Å². The number of aryl methyl sites for hydroxylation is 2. The zero-order chi connectivity index (χ0) is 22.7. The van der Waals surface area contributed by atoms with Crippen LogP contribution in [0.4, 0.5) is 13.2 Å². The number of hydrogen-bond acceptors (Lipinski definition) is 3. The van der Waals surface area contributed by atoms with Gasteiger partial charge < -0.3 is 10.2 Å². The van der Waals surface area contributed by atoms with Crippen molar-refractivity contribution in [3.63, 3.8) is 0 Å². The zero-order valence-corrected chi connectivity index (χ0v) is 17.5. The second kappa shape index (κ2) is 12.4. The summed E-state index contributed by atoms with van der Waals surface area (Å²) in [4.78, 5) is 20.3. The molecule has 30 heavy (non-hydrogen) atoms. The minimum absolute atomic E-state index is 0.111. The minimum atomic E-state index is -4.16. The number of alkyl halides is 3. The van der Waals surface area contributed by atoms with Crippen LogP contribution in [0.25, 0.3) is 0 Å². The van der Waals surface area contributed by atoms with E-state index in [0.717, 1.165) is 38.6 Å². The summed E-state index contributed by atoms with van der Waals surface area (Å²) in [7, 11) is 0. The molecule has 2 rings (SSSR count). The Bertz CT molecular complexity index is 732. The minimum Gasteiger partial charge on any atom is -0.473 e. The van der Waals surface area contributed by atoms with Gasteiger partial charge in [0.25, 0.3) is 0 Å². The summed E-state index contributed by atoms with van der Waals surface area (Å²) in [5.74, 6) is -3.65. The Morgan fingerprint density at radius 2 is 1.60 bits per heavy atom. The first-order valence-corrected chi connectivity index (χ1v) is 10.1. The molecule has 2 N–H and O–H groups in total. The molecule has 0 unspecified atom stereocenters. The molecule has 5 nitrogen and oxygen atoms in total. The maximum atomic E-state index is 12.6. The molecule has 0 fully saturated rings. The number of carboxylic acid groups (broad SMARTS) is 2. The van der Waals surface area contributed by atoms with Gasteiger partial charge in [-0.15, -0.1) is 0 Å². The van der Waals surface area contributed by atoms with Crippen LogP contribution in [-0.4, -0.2) is 52.9 Å². The van der Waals surface area contributed by atoms with Crippen LogP contribution in [0.15, 0.2) is 29.8 Å². The van der Waals surface area contributed by atoms with Gasteiger partial charge >= 0.3 is 18.1 Å². The summed E-state index contributed by atoms with van der Waals surface area (Å²) < 4.78 is 37.9. The number of halogens is 3. The highest BCUT2D eigenvalue weighted by atomic mass is 19.4. The Morgan fingerprint density at radius 1 is 1.00 bits per heavy atom. The second-order valence-electron chi connectivity index (χ2n) is 7.24. The zero-order valence-electron chi connectivity index (χ0n) is 17.5. The molecule has 0 radical (unpaired) electrons. The van der Waals surface area contributed by atoms with Crippen LogP contribution in [0.2, 0.25) is 0 Å². The third-order valence-corrected chi connectivity index (χ3v) is 4.87. The van der Waals surface area contributed by atoms with E-state index >= 15 is 0 Å². The van der Waals surface area contributed by atoms with Crippen molar-refractivity contribution >= 4 is 11.9 Å². The highest BCUT2D eigenvalue weighted by Gasteiger charge is 2.34. The van der Waals surface area contributed by atoms with Gasteiger partial charge in [0, 0.05) is 25.2 Å². The number of nitrogens with zero attached hydrogens (tertiary/aromatic N) is 1. The van der Waals surface area contributed by atoms with Crippen molar-refractivity contribution in [2.45, 2.75) is 58.5 Å². The maximum absolute atomic E-state index is 12.6. The summed E-state index contributed by atoms with van der Waals surface area (Å²) in [6.45, 7) is 6.12. The van der Waals surface area contributed by atoms with Gasteiger partial charge in [-0.1, -0.05) is 51.0 Å². The summed E-state index contributed by atoms with van der Waals surface area (Å²) in [5.41, 5.74) is 3.81. The first kappa shape index (κ1) is 25.7. The van der Waals surface area contributed by atoms with Gasteiger partial charge in [0.05, 0.1) is 0 Å². The van der Waals surface area contributed by atoms with Crippen LogP contribution < -0.4 is 0 Å². The van der Waals surface area contributed by atoms with E-state index in [1.54, 1.807) is 0 Å². The summed E-state index contributed by atoms with van der Waals surface area (Å²) in [6, 6.07) is 6.72. The van der Waals surface area contributed by atoms with Crippen molar-refractivity contribution in [3.8, 4) is 0 Å². The van der Waals surface area contributed by atoms with E-state index in [2.05, 4.69) is 36.9 Å². The Labute approximate surface area is 175 Å². The van der Waals surface area contributed by atoms with Gasteiger partial charge in [0.15, 0.2) is 0 Å². The molecule has 0 amide bonds. The van der Waals surface area contributed by atoms with E-state index in [9.17, 15) is 13.2 Å². The average molecular weight is 429 g/mol. The SMILES string of the molecule is CCCc1ccc(CCN2CC=C(C(F)(F)F)CC2)cc1CCC.O=C(O)C(=O)O. The molecule has 8 heteroatoms. The molecule has 0 aliphatic carbocycles. The monoisotopic (exact) mass is 429 g/mol. The number of benzene rings is 1. The van der Waals surface area contributed by atoms with E-state index in [1.807, 2.05) is 0 Å². The van der Waals surface area contributed by atoms with Crippen molar-refractivity contribution in [2.24, 2.45) is 0 Å². The molecule has 1 aliphatic heterocycles. The Kier molecular flexibility index (Phi) is 10.6. The Morgan fingerprint density at radius 3 is 2.07 bits per heavy atom. The molecule has 0 saturated carbocycles. The topological polar surface area (TPSA) is 77.8 Å². The molecule has 0 spiro atoms. The fourth-order valence-corrected chi connectivity index (χ4v) is 3.31. The molecule has 1 heterocycles. The molecule has 0 bridgehead atoms. The van der Waals surface area contributed by atoms with Crippen LogP contribution in [0.3, 0.4) is 0 Å². The fourth-order valence-electron chi connectivity index (χ4n) is 3.31. The number of carbonyl (C=O) groups is 2. The van der Waals surface area contributed by atoms with E-state index in [4.69, 9.17) is 19.8 Å². The van der Waals surface area contributed by atoms with E-state index in [0.29, 0.717) is 13.1 Å². The molecular formula is C22H30F3NO4. The second-order valence-corrected chi connectivity index (χ2v) is 7.24. The van der Waals surface area contributed by atoms with Gasteiger partial charge in [0.1, 0.15) is 0 Å². The third kappa shape index (κ3) is 8.98. The van der Waals surface area contributed by atoms with E-state index in [-0.39, 0.29) is 12.0 Å². The van der Waals surface area contributed by atoms with E-state index in [1.165, 1.54) is 22.8 Å². The summed E-state index contributed by atoms with van der Waals surface area (Å²) in [6.07, 6.45) is 2.71. The van der Waals surface area contributed by atoms with Crippen LogP contribution in [0.5, 0.6) is 0 Å². The van der Waals surface area contributed by atoms with Gasteiger partial charge in [-0.25, -0.2) is 9.59 Å². The van der Waals surface area contributed by atoms with E-state index < -0.39 is 18.1 Å². The van der Waals surface area contributed by atoms with Crippen LogP contribution >= 0.6 is 0 Å². The highest BCUT2D eigenvalue weighted by Crippen LogP contribution is 2.30. The largest absolute Gasteiger partial charge is 0.473 e. The Hall–Kier alpha value is -2.35. The normalized spacial score (nSPS) is 14.5. The summed E-state index contributed by atoms with van der Waals surface area (Å²) in [5, 5.41) is 14.8. The molecular weight excluding hydrogens is 399 g/mol. The molecule has 168 valence electrons. The molecule has 0 atom stereocenters. The van der Waals surface area contributed by atoms with Gasteiger partial charge in [-0.2, -0.15) is 13.2 Å². The predicted octanol–water partition coefficient (Wildman–Crippen LogP) is 4.48. The van der Waals surface area contributed by atoms with Crippen LogP contribution in [0.1, 0.15) is 49.8 Å². The predicted molar refractivity (Wildman–Crippen MR) is 109 cm³/mol. The lowest BCUT2D eigenvalue weighted by Gasteiger charge is -2.27.